The molecule has 5 heteroatoms. The monoisotopic (exact) mass is 247 g/mol. The van der Waals surface area contributed by atoms with Gasteiger partial charge in [-0.3, -0.25) is 0 Å². The van der Waals surface area contributed by atoms with Gasteiger partial charge in [-0.1, -0.05) is 6.92 Å². The summed E-state index contributed by atoms with van der Waals surface area (Å²) in [5.41, 5.74) is 0. The summed E-state index contributed by atoms with van der Waals surface area (Å²) in [6, 6.07) is 0. The van der Waals surface area contributed by atoms with Gasteiger partial charge >= 0.3 is 0 Å². The molecule has 0 bridgehead atoms. The van der Waals surface area contributed by atoms with Gasteiger partial charge in [-0.25, -0.2) is 9.97 Å². The van der Waals surface area contributed by atoms with Gasteiger partial charge in [0, 0.05) is 7.05 Å². The zero-order valence-electron chi connectivity index (χ0n) is 6.97. The highest BCUT2D eigenvalue weighted by atomic mass is 79.9. The van der Waals surface area contributed by atoms with Gasteiger partial charge in [-0.2, -0.15) is 0 Å². The zero-order valence-corrected chi connectivity index (χ0v) is 9.37. The van der Waals surface area contributed by atoms with Crippen LogP contribution in [-0.4, -0.2) is 22.8 Å². The Morgan fingerprint density at radius 2 is 2.33 bits per heavy atom. The molecule has 0 aliphatic rings. The molecule has 0 unspecified atom stereocenters. The second-order valence-corrected chi connectivity index (χ2v) is 4.07. The molecule has 66 valence electrons. The number of thioether (sulfide) groups is 1. The van der Waals surface area contributed by atoms with Gasteiger partial charge in [0.25, 0.3) is 0 Å². The molecule has 0 aliphatic heterocycles. The van der Waals surface area contributed by atoms with E-state index in [4.69, 9.17) is 0 Å². The van der Waals surface area contributed by atoms with Gasteiger partial charge < -0.3 is 5.32 Å². The third-order valence-corrected chi connectivity index (χ3v) is 3.16. The van der Waals surface area contributed by atoms with Crippen molar-refractivity contribution in [3.05, 3.63) is 10.8 Å². The first-order valence-corrected chi connectivity index (χ1v) is 5.38. The van der Waals surface area contributed by atoms with E-state index in [1.807, 2.05) is 7.05 Å². The quantitative estimate of drug-likeness (QED) is 0.658. The minimum Gasteiger partial charge on any atom is -0.372 e. The van der Waals surface area contributed by atoms with Gasteiger partial charge in [-0.15, -0.1) is 11.8 Å². The average molecular weight is 248 g/mol. The Bertz CT molecular complexity index is 267. The van der Waals surface area contributed by atoms with Crippen molar-refractivity contribution in [3.63, 3.8) is 0 Å². The van der Waals surface area contributed by atoms with Crippen LogP contribution in [0, 0.1) is 0 Å². The molecule has 0 aromatic carbocycles. The molecule has 1 aromatic heterocycles. The van der Waals surface area contributed by atoms with Crippen molar-refractivity contribution < 1.29 is 0 Å². The van der Waals surface area contributed by atoms with Gasteiger partial charge in [0.05, 0.1) is 4.47 Å². The minimum atomic E-state index is 0.834. The van der Waals surface area contributed by atoms with Crippen LogP contribution >= 0.6 is 27.7 Å². The number of nitrogens with zero attached hydrogens (tertiary/aromatic N) is 2. The smallest absolute Gasteiger partial charge is 0.144 e. The van der Waals surface area contributed by atoms with Crippen molar-refractivity contribution in [3.8, 4) is 0 Å². The molecule has 0 aliphatic carbocycles. The van der Waals surface area contributed by atoms with E-state index in [2.05, 4.69) is 38.1 Å². The Morgan fingerprint density at radius 1 is 1.58 bits per heavy atom. The molecule has 0 radical (unpaired) electrons. The van der Waals surface area contributed by atoms with Crippen molar-refractivity contribution in [2.75, 3.05) is 18.1 Å². The number of hydrogen-bond donors (Lipinski definition) is 1. The number of halogens is 1. The van der Waals surface area contributed by atoms with Gasteiger partial charge in [0.2, 0.25) is 0 Å². The molecule has 0 saturated heterocycles. The van der Waals surface area contributed by atoms with Crippen LogP contribution in [0.3, 0.4) is 0 Å². The molecular weight excluding hydrogens is 238 g/mol. The van der Waals surface area contributed by atoms with Crippen LogP contribution < -0.4 is 5.32 Å². The number of nitrogens with one attached hydrogen (secondary N) is 1. The summed E-state index contributed by atoms with van der Waals surface area (Å²) in [6.07, 6.45) is 1.56. The lowest BCUT2D eigenvalue weighted by Crippen LogP contribution is -1.96. The minimum absolute atomic E-state index is 0.834. The summed E-state index contributed by atoms with van der Waals surface area (Å²) >= 11 is 5.13. The third kappa shape index (κ3) is 2.10. The van der Waals surface area contributed by atoms with Crippen LogP contribution in [0.15, 0.2) is 15.8 Å². The van der Waals surface area contributed by atoms with Crippen LogP contribution in [-0.2, 0) is 0 Å². The predicted octanol–water partition coefficient (Wildman–Crippen LogP) is 2.39. The summed E-state index contributed by atoms with van der Waals surface area (Å²) in [5.74, 6) is 1.85. The molecule has 3 nitrogen and oxygen atoms in total. The molecule has 1 heterocycles. The SMILES string of the molecule is CCSc1ncnc(NC)c1Br. The van der Waals surface area contributed by atoms with Crippen LogP contribution in [0.2, 0.25) is 0 Å². The van der Waals surface area contributed by atoms with E-state index in [9.17, 15) is 0 Å². The average Bonchev–Trinajstić information content (AvgIpc) is 2.09. The van der Waals surface area contributed by atoms with Crippen LogP contribution in [0.25, 0.3) is 0 Å². The summed E-state index contributed by atoms with van der Waals surface area (Å²) in [5, 5.41) is 3.97. The normalized spacial score (nSPS) is 9.92. The highest BCUT2D eigenvalue weighted by Crippen LogP contribution is 2.29. The lowest BCUT2D eigenvalue weighted by molar-refractivity contribution is 1.03. The van der Waals surface area contributed by atoms with Crippen LogP contribution in [0.4, 0.5) is 5.82 Å². The highest BCUT2D eigenvalue weighted by Gasteiger charge is 2.05. The lowest BCUT2D eigenvalue weighted by atomic mass is 10.6. The first-order chi connectivity index (χ1) is 5.79. The maximum atomic E-state index is 4.14. The first kappa shape index (κ1) is 9.80. The Hall–Kier alpha value is -0.290. The zero-order chi connectivity index (χ0) is 8.97. The molecular formula is C7H10BrN3S. The number of anilines is 1. The lowest BCUT2D eigenvalue weighted by Gasteiger charge is -2.04. The van der Waals surface area contributed by atoms with Crippen molar-refractivity contribution in [1.82, 2.24) is 9.97 Å². The van der Waals surface area contributed by atoms with E-state index in [1.165, 1.54) is 0 Å². The van der Waals surface area contributed by atoms with Crippen molar-refractivity contribution >= 4 is 33.5 Å². The summed E-state index contributed by atoms with van der Waals surface area (Å²) in [7, 11) is 1.84. The van der Waals surface area contributed by atoms with Gasteiger partial charge in [-0.05, 0) is 21.7 Å². The first-order valence-electron chi connectivity index (χ1n) is 3.60. The fraction of sp³-hybridized carbons (Fsp3) is 0.429. The van der Waals surface area contributed by atoms with E-state index in [0.29, 0.717) is 0 Å². The fourth-order valence-corrected chi connectivity index (χ4v) is 2.13. The summed E-state index contributed by atoms with van der Waals surface area (Å²) in [6.45, 7) is 2.10. The molecule has 0 spiro atoms. The Labute approximate surface area is 84.5 Å². The maximum Gasteiger partial charge on any atom is 0.144 e. The van der Waals surface area contributed by atoms with Gasteiger partial charge in [0.15, 0.2) is 0 Å². The Kier molecular flexibility index (Phi) is 3.81. The van der Waals surface area contributed by atoms with Crippen LogP contribution in [0.1, 0.15) is 6.92 Å². The molecule has 0 saturated carbocycles. The second-order valence-electron chi connectivity index (χ2n) is 2.02. The molecule has 1 aromatic rings. The molecule has 1 N–H and O–H groups in total. The van der Waals surface area contributed by atoms with E-state index in [1.54, 1.807) is 18.1 Å². The van der Waals surface area contributed by atoms with E-state index < -0.39 is 0 Å². The van der Waals surface area contributed by atoms with E-state index in [0.717, 1.165) is 21.1 Å². The van der Waals surface area contributed by atoms with Crippen molar-refractivity contribution in [1.29, 1.82) is 0 Å². The van der Waals surface area contributed by atoms with Crippen molar-refractivity contribution in [2.45, 2.75) is 11.9 Å². The molecule has 0 fully saturated rings. The second kappa shape index (κ2) is 4.67. The number of aromatic nitrogens is 2. The standard InChI is InChI=1S/C7H10BrN3S/c1-3-12-7-5(8)6(9-2)10-4-11-7/h4H,3H2,1-2H3,(H,9,10,11). The highest BCUT2D eigenvalue weighted by molar-refractivity contribution is 9.10. The largest absolute Gasteiger partial charge is 0.372 e. The van der Waals surface area contributed by atoms with E-state index >= 15 is 0 Å². The Balaban J connectivity index is 2.97. The number of hydrogen-bond acceptors (Lipinski definition) is 4. The predicted molar refractivity (Wildman–Crippen MR) is 55.7 cm³/mol. The molecule has 0 amide bonds. The van der Waals surface area contributed by atoms with Crippen LogP contribution in [0.5, 0.6) is 0 Å². The summed E-state index contributed by atoms with van der Waals surface area (Å²) in [4.78, 5) is 8.20. The Morgan fingerprint density at radius 3 is 2.92 bits per heavy atom. The molecule has 0 atom stereocenters. The maximum absolute atomic E-state index is 4.14. The third-order valence-electron chi connectivity index (χ3n) is 1.28. The molecule has 12 heavy (non-hydrogen) atoms. The van der Waals surface area contributed by atoms with Gasteiger partial charge in [0.1, 0.15) is 17.2 Å². The van der Waals surface area contributed by atoms with Crippen molar-refractivity contribution in [2.24, 2.45) is 0 Å². The number of rotatable bonds is 3. The fourth-order valence-electron chi connectivity index (χ4n) is 0.765. The van der Waals surface area contributed by atoms with E-state index in [-0.39, 0.29) is 0 Å². The topological polar surface area (TPSA) is 37.8 Å². The summed E-state index contributed by atoms with van der Waals surface area (Å²) < 4.78 is 0.944. The molecule has 1 rings (SSSR count).